The van der Waals surface area contributed by atoms with Crippen LogP contribution in [0.1, 0.15) is 27.4 Å². The first kappa shape index (κ1) is 12.6. The molecule has 0 aliphatic heterocycles. The minimum absolute atomic E-state index is 0.191. The fourth-order valence-corrected chi connectivity index (χ4v) is 2.24. The van der Waals surface area contributed by atoms with E-state index in [4.69, 9.17) is 11.6 Å². The Balaban J connectivity index is 1.89. The molecule has 2 N–H and O–H groups in total. The van der Waals surface area contributed by atoms with Gasteiger partial charge in [-0.05, 0) is 18.2 Å². The quantitative estimate of drug-likeness (QED) is 0.572. The van der Waals surface area contributed by atoms with Gasteiger partial charge in [0, 0.05) is 40.1 Å². The molecule has 1 aromatic carbocycles. The highest BCUT2D eigenvalue weighted by Crippen LogP contribution is 2.23. The van der Waals surface area contributed by atoms with Crippen LogP contribution in [0.5, 0.6) is 0 Å². The molecule has 3 aromatic rings. The van der Waals surface area contributed by atoms with Crippen molar-refractivity contribution in [2.45, 2.75) is 6.42 Å². The molecule has 0 fully saturated rings. The molecule has 2 aromatic heterocycles. The molecule has 0 spiro atoms. The highest BCUT2D eigenvalue weighted by molar-refractivity contribution is 6.31. The van der Waals surface area contributed by atoms with Gasteiger partial charge in [-0.3, -0.25) is 9.59 Å². The topological polar surface area (TPSA) is 78.6 Å². The van der Waals surface area contributed by atoms with E-state index < -0.39 is 0 Å². The lowest BCUT2D eigenvalue weighted by molar-refractivity contribution is 0.0890. The molecule has 0 saturated carbocycles. The fraction of sp³-hybridized carbons (Fsp3) is 0.0714. The van der Waals surface area contributed by atoms with E-state index in [1.54, 1.807) is 30.6 Å². The number of H-pyrrole nitrogens is 2. The summed E-state index contributed by atoms with van der Waals surface area (Å²) in [5, 5.41) is 1.26. The molecule has 0 unspecified atom stereocenters. The number of ketones is 2. The highest BCUT2D eigenvalue weighted by atomic mass is 35.5. The minimum Gasteiger partial charge on any atom is -0.360 e. The van der Waals surface area contributed by atoms with Gasteiger partial charge in [0.05, 0.1) is 6.42 Å². The monoisotopic (exact) mass is 287 g/mol. The standard InChI is InChI=1S/C14H10ClN3O2/c15-8-1-2-11-9(5-8)10(7-18-11)12(19)6-13(20)14-16-3-4-17-14/h1-5,7,18H,6H2,(H,16,17). The average Bonchev–Trinajstić information content (AvgIpc) is 3.07. The molecule has 0 saturated heterocycles. The summed E-state index contributed by atoms with van der Waals surface area (Å²) in [5.41, 5.74) is 1.27. The van der Waals surface area contributed by atoms with E-state index in [2.05, 4.69) is 15.0 Å². The van der Waals surface area contributed by atoms with Crippen molar-refractivity contribution in [3.63, 3.8) is 0 Å². The number of imidazole rings is 1. The minimum atomic E-state index is -0.337. The van der Waals surface area contributed by atoms with Crippen molar-refractivity contribution >= 4 is 34.1 Å². The zero-order valence-corrected chi connectivity index (χ0v) is 11.1. The van der Waals surface area contributed by atoms with E-state index in [0.29, 0.717) is 10.6 Å². The Bertz CT molecular complexity index is 790. The van der Waals surface area contributed by atoms with Crippen LogP contribution in [-0.2, 0) is 0 Å². The molecule has 20 heavy (non-hydrogen) atoms. The van der Waals surface area contributed by atoms with Crippen molar-refractivity contribution in [2.75, 3.05) is 0 Å². The van der Waals surface area contributed by atoms with Gasteiger partial charge in [-0.2, -0.15) is 0 Å². The molecule has 0 aliphatic rings. The number of rotatable bonds is 4. The highest BCUT2D eigenvalue weighted by Gasteiger charge is 2.18. The van der Waals surface area contributed by atoms with Crippen molar-refractivity contribution in [1.82, 2.24) is 15.0 Å². The number of hydrogen-bond donors (Lipinski definition) is 2. The Morgan fingerprint density at radius 2 is 2.05 bits per heavy atom. The first-order chi connectivity index (χ1) is 9.65. The maximum Gasteiger partial charge on any atom is 0.205 e. The molecule has 100 valence electrons. The smallest absolute Gasteiger partial charge is 0.205 e. The van der Waals surface area contributed by atoms with Crippen molar-refractivity contribution in [3.05, 3.63) is 53.2 Å². The van der Waals surface area contributed by atoms with Gasteiger partial charge in [-0.1, -0.05) is 11.6 Å². The van der Waals surface area contributed by atoms with E-state index in [0.717, 1.165) is 10.9 Å². The molecule has 5 nitrogen and oxygen atoms in total. The summed E-state index contributed by atoms with van der Waals surface area (Å²) in [4.78, 5) is 33.6. The number of aromatic nitrogens is 3. The normalized spacial score (nSPS) is 10.8. The molecule has 0 amide bonds. The Labute approximate surface area is 119 Å². The average molecular weight is 288 g/mol. The molecule has 0 atom stereocenters. The summed E-state index contributed by atoms with van der Waals surface area (Å²) >= 11 is 5.93. The summed E-state index contributed by atoms with van der Waals surface area (Å²) in [6.07, 6.45) is 4.39. The zero-order chi connectivity index (χ0) is 14.1. The predicted molar refractivity (Wildman–Crippen MR) is 75.2 cm³/mol. The number of aromatic amines is 2. The van der Waals surface area contributed by atoms with Crippen LogP contribution in [-0.4, -0.2) is 26.5 Å². The van der Waals surface area contributed by atoms with Gasteiger partial charge in [0.1, 0.15) is 0 Å². The van der Waals surface area contributed by atoms with Crippen LogP contribution >= 0.6 is 11.6 Å². The van der Waals surface area contributed by atoms with E-state index in [9.17, 15) is 9.59 Å². The van der Waals surface area contributed by atoms with Crippen LogP contribution in [0.3, 0.4) is 0 Å². The number of nitrogens with one attached hydrogen (secondary N) is 2. The molecular weight excluding hydrogens is 278 g/mol. The van der Waals surface area contributed by atoms with Gasteiger partial charge in [0.25, 0.3) is 0 Å². The van der Waals surface area contributed by atoms with Gasteiger partial charge < -0.3 is 9.97 Å². The predicted octanol–water partition coefficient (Wildman–Crippen LogP) is 3.00. The summed E-state index contributed by atoms with van der Waals surface area (Å²) < 4.78 is 0. The summed E-state index contributed by atoms with van der Waals surface area (Å²) in [6.45, 7) is 0. The number of benzene rings is 1. The number of halogens is 1. The number of fused-ring (bicyclic) bond motifs is 1. The number of carbonyl (C=O) groups excluding carboxylic acids is 2. The van der Waals surface area contributed by atoms with Crippen LogP contribution in [0.4, 0.5) is 0 Å². The zero-order valence-electron chi connectivity index (χ0n) is 10.3. The third kappa shape index (κ3) is 2.23. The van der Waals surface area contributed by atoms with E-state index >= 15 is 0 Å². The number of nitrogens with zero attached hydrogens (tertiary/aromatic N) is 1. The van der Waals surface area contributed by atoms with Gasteiger partial charge in [0.2, 0.25) is 5.78 Å². The van der Waals surface area contributed by atoms with Crippen LogP contribution in [0.15, 0.2) is 36.8 Å². The maximum absolute atomic E-state index is 12.2. The molecule has 0 radical (unpaired) electrons. The Kier molecular flexibility index (Phi) is 3.12. The van der Waals surface area contributed by atoms with Crippen LogP contribution < -0.4 is 0 Å². The van der Waals surface area contributed by atoms with Crippen molar-refractivity contribution in [3.8, 4) is 0 Å². The van der Waals surface area contributed by atoms with E-state index in [1.807, 2.05) is 0 Å². The number of hydrogen-bond acceptors (Lipinski definition) is 3. The van der Waals surface area contributed by atoms with Gasteiger partial charge in [-0.15, -0.1) is 0 Å². The second kappa shape index (κ2) is 4.94. The molecule has 2 heterocycles. The van der Waals surface area contributed by atoms with Crippen molar-refractivity contribution in [1.29, 1.82) is 0 Å². The second-order valence-electron chi connectivity index (χ2n) is 4.35. The summed E-state index contributed by atoms with van der Waals surface area (Å²) in [7, 11) is 0. The van der Waals surface area contributed by atoms with Gasteiger partial charge >= 0.3 is 0 Å². The Morgan fingerprint density at radius 3 is 2.80 bits per heavy atom. The molecule has 3 rings (SSSR count). The second-order valence-corrected chi connectivity index (χ2v) is 4.79. The third-order valence-electron chi connectivity index (χ3n) is 3.03. The van der Waals surface area contributed by atoms with Crippen LogP contribution in [0.2, 0.25) is 5.02 Å². The van der Waals surface area contributed by atoms with Crippen molar-refractivity contribution < 1.29 is 9.59 Å². The lowest BCUT2D eigenvalue weighted by atomic mass is 10.0. The maximum atomic E-state index is 12.2. The largest absolute Gasteiger partial charge is 0.360 e. The summed E-state index contributed by atoms with van der Waals surface area (Å²) in [5.74, 6) is -0.410. The van der Waals surface area contributed by atoms with Gasteiger partial charge in [0.15, 0.2) is 11.6 Å². The first-order valence-electron chi connectivity index (χ1n) is 5.97. The lowest BCUT2D eigenvalue weighted by Gasteiger charge is -1.98. The fourth-order valence-electron chi connectivity index (χ4n) is 2.07. The SMILES string of the molecule is O=C(CC(=O)c1c[nH]c2ccc(Cl)cc12)c1ncc[nH]1. The number of Topliss-reactive ketones (excluding diaryl/α,β-unsaturated/α-hetero) is 2. The molecule has 0 aliphatic carbocycles. The Morgan fingerprint density at radius 1 is 1.20 bits per heavy atom. The molecule has 6 heteroatoms. The number of carbonyl (C=O) groups is 2. The van der Waals surface area contributed by atoms with E-state index in [1.165, 1.54) is 6.20 Å². The first-order valence-corrected chi connectivity index (χ1v) is 6.35. The van der Waals surface area contributed by atoms with E-state index in [-0.39, 0.29) is 23.8 Å². The Hall–Kier alpha value is -2.40. The van der Waals surface area contributed by atoms with Crippen LogP contribution in [0.25, 0.3) is 10.9 Å². The van der Waals surface area contributed by atoms with Gasteiger partial charge in [-0.25, -0.2) is 4.98 Å². The molecular formula is C14H10ClN3O2. The lowest BCUT2D eigenvalue weighted by Crippen LogP contribution is -2.09. The molecule has 0 bridgehead atoms. The third-order valence-corrected chi connectivity index (χ3v) is 3.26. The summed E-state index contributed by atoms with van der Waals surface area (Å²) in [6, 6.07) is 5.24. The van der Waals surface area contributed by atoms with Crippen molar-refractivity contribution in [2.24, 2.45) is 0 Å². The van der Waals surface area contributed by atoms with Crippen LogP contribution in [0, 0.1) is 0 Å².